The predicted octanol–water partition coefficient (Wildman–Crippen LogP) is 4.30. The van der Waals surface area contributed by atoms with Gasteiger partial charge < -0.3 is 9.64 Å². The molecule has 0 saturated carbocycles. The fraction of sp³-hybridized carbons (Fsp3) is 0.263. The summed E-state index contributed by atoms with van der Waals surface area (Å²) >= 11 is 5.00. The van der Waals surface area contributed by atoms with Crippen molar-refractivity contribution in [2.24, 2.45) is 0 Å². The van der Waals surface area contributed by atoms with Gasteiger partial charge in [0.05, 0.1) is 12.6 Å². The third kappa shape index (κ3) is 4.18. The highest BCUT2D eigenvalue weighted by atomic mass is 79.9. The molecule has 27 heavy (non-hydrogen) atoms. The molecule has 0 radical (unpaired) electrons. The molecule has 0 atom stereocenters. The van der Waals surface area contributed by atoms with Crippen molar-refractivity contribution in [3.63, 3.8) is 0 Å². The minimum atomic E-state index is -3.73. The summed E-state index contributed by atoms with van der Waals surface area (Å²) in [7, 11) is 1.91. The van der Waals surface area contributed by atoms with E-state index in [2.05, 4.69) is 20.8 Å². The Morgan fingerprint density at radius 3 is 2.59 bits per heavy atom. The second kappa shape index (κ2) is 8.26. The van der Waals surface area contributed by atoms with Crippen molar-refractivity contribution in [1.82, 2.24) is 8.87 Å². The summed E-state index contributed by atoms with van der Waals surface area (Å²) in [6, 6.07) is 12.3. The van der Waals surface area contributed by atoms with E-state index in [0.29, 0.717) is 15.7 Å². The van der Waals surface area contributed by atoms with E-state index < -0.39 is 10.0 Å². The van der Waals surface area contributed by atoms with Gasteiger partial charge in [-0.05, 0) is 60.4 Å². The molecule has 1 aromatic heterocycles. The molecule has 0 N–H and O–H groups in total. The number of aromatic nitrogens is 1. The Morgan fingerprint density at radius 1 is 1.19 bits per heavy atom. The standard InChI is InChI=1S/C19H21BrN2O3S2/c1-21(2)10-11-26-18-13-22(17-9-8-14(25-3)12-15(17)18)27(23,24)19-7-5-4-6-16(19)20/h4-9,12-13H,10-11H2,1-3H3. The van der Waals surface area contributed by atoms with Crippen LogP contribution in [0.1, 0.15) is 0 Å². The van der Waals surface area contributed by atoms with Gasteiger partial charge in [0, 0.05) is 33.2 Å². The van der Waals surface area contributed by atoms with Crippen molar-refractivity contribution in [2.45, 2.75) is 9.79 Å². The van der Waals surface area contributed by atoms with Crippen LogP contribution in [-0.2, 0) is 10.0 Å². The number of ether oxygens (including phenoxy) is 1. The second-order valence-electron chi connectivity index (χ2n) is 6.26. The van der Waals surface area contributed by atoms with Crippen LogP contribution >= 0.6 is 27.7 Å². The van der Waals surface area contributed by atoms with Crippen LogP contribution in [0.25, 0.3) is 10.9 Å². The topological polar surface area (TPSA) is 51.5 Å². The zero-order valence-electron chi connectivity index (χ0n) is 15.3. The highest BCUT2D eigenvalue weighted by Crippen LogP contribution is 2.35. The lowest BCUT2D eigenvalue weighted by Gasteiger charge is -2.09. The molecule has 2 aromatic carbocycles. The molecule has 0 unspecified atom stereocenters. The minimum Gasteiger partial charge on any atom is -0.497 e. The van der Waals surface area contributed by atoms with Gasteiger partial charge in [-0.2, -0.15) is 0 Å². The lowest BCUT2D eigenvalue weighted by molar-refractivity contribution is 0.415. The van der Waals surface area contributed by atoms with E-state index in [1.807, 2.05) is 20.2 Å². The molecular formula is C19H21BrN2O3S2. The van der Waals surface area contributed by atoms with Gasteiger partial charge in [-0.1, -0.05) is 12.1 Å². The number of hydrogen-bond acceptors (Lipinski definition) is 5. The Hall–Kier alpha value is -1.48. The number of thioether (sulfide) groups is 1. The number of rotatable bonds is 7. The highest BCUT2D eigenvalue weighted by molar-refractivity contribution is 9.10. The highest BCUT2D eigenvalue weighted by Gasteiger charge is 2.23. The van der Waals surface area contributed by atoms with Crippen molar-refractivity contribution in [3.05, 3.63) is 53.1 Å². The molecule has 0 spiro atoms. The van der Waals surface area contributed by atoms with Crippen LogP contribution in [0.5, 0.6) is 5.75 Å². The third-order valence-electron chi connectivity index (χ3n) is 4.11. The van der Waals surface area contributed by atoms with Gasteiger partial charge in [0.15, 0.2) is 0 Å². The van der Waals surface area contributed by atoms with E-state index in [-0.39, 0.29) is 4.90 Å². The number of fused-ring (bicyclic) bond motifs is 1. The average Bonchev–Trinajstić information content (AvgIpc) is 3.00. The minimum absolute atomic E-state index is 0.238. The van der Waals surface area contributed by atoms with E-state index in [1.54, 1.807) is 61.5 Å². The van der Waals surface area contributed by atoms with Crippen LogP contribution in [0.2, 0.25) is 0 Å². The Labute approximate surface area is 172 Å². The predicted molar refractivity (Wildman–Crippen MR) is 114 cm³/mol. The molecule has 0 bridgehead atoms. The van der Waals surface area contributed by atoms with Gasteiger partial charge >= 0.3 is 0 Å². The Kier molecular flexibility index (Phi) is 6.20. The zero-order valence-corrected chi connectivity index (χ0v) is 18.6. The zero-order chi connectivity index (χ0) is 19.6. The molecule has 5 nitrogen and oxygen atoms in total. The van der Waals surface area contributed by atoms with E-state index in [4.69, 9.17) is 4.74 Å². The molecule has 3 rings (SSSR count). The molecule has 0 saturated heterocycles. The van der Waals surface area contributed by atoms with Gasteiger partial charge in [-0.15, -0.1) is 11.8 Å². The quantitative estimate of drug-likeness (QED) is 0.483. The molecule has 0 aliphatic rings. The SMILES string of the molecule is COc1ccc2c(c1)c(SCCN(C)C)cn2S(=O)(=O)c1ccccc1Br. The Bertz CT molecular complexity index is 1060. The Balaban J connectivity index is 2.14. The number of nitrogens with zero attached hydrogens (tertiary/aromatic N) is 2. The number of methoxy groups -OCH3 is 1. The maximum Gasteiger partial charge on any atom is 0.269 e. The summed E-state index contributed by atoms with van der Waals surface area (Å²) in [4.78, 5) is 3.26. The first kappa shape index (κ1) is 20.3. The molecule has 1 heterocycles. The molecule has 8 heteroatoms. The van der Waals surface area contributed by atoms with Gasteiger partial charge in [0.1, 0.15) is 10.6 Å². The Morgan fingerprint density at radius 2 is 1.93 bits per heavy atom. The van der Waals surface area contributed by atoms with Crippen LogP contribution in [0.4, 0.5) is 0 Å². The van der Waals surface area contributed by atoms with Gasteiger partial charge in [0.25, 0.3) is 10.0 Å². The monoisotopic (exact) mass is 468 g/mol. The van der Waals surface area contributed by atoms with E-state index in [0.717, 1.165) is 22.6 Å². The van der Waals surface area contributed by atoms with Crippen LogP contribution in [0.3, 0.4) is 0 Å². The molecule has 0 fully saturated rings. The first-order valence-electron chi connectivity index (χ1n) is 8.31. The fourth-order valence-electron chi connectivity index (χ4n) is 2.69. The molecular weight excluding hydrogens is 448 g/mol. The molecule has 0 aliphatic heterocycles. The van der Waals surface area contributed by atoms with E-state index in [9.17, 15) is 8.42 Å². The van der Waals surface area contributed by atoms with Crippen molar-refractivity contribution in [1.29, 1.82) is 0 Å². The normalized spacial score (nSPS) is 12.0. The van der Waals surface area contributed by atoms with Crippen molar-refractivity contribution in [2.75, 3.05) is 33.5 Å². The molecule has 0 amide bonds. The van der Waals surface area contributed by atoms with Crippen molar-refractivity contribution < 1.29 is 13.2 Å². The number of hydrogen-bond donors (Lipinski definition) is 0. The first-order chi connectivity index (χ1) is 12.8. The summed E-state index contributed by atoms with van der Waals surface area (Å²) in [5.74, 6) is 1.56. The van der Waals surface area contributed by atoms with Gasteiger partial charge in [-0.3, -0.25) is 0 Å². The van der Waals surface area contributed by atoms with Crippen LogP contribution in [0.15, 0.2) is 62.9 Å². The van der Waals surface area contributed by atoms with Crippen molar-refractivity contribution in [3.8, 4) is 5.75 Å². The summed E-state index contributed by atoms with van der Waals surface area (Å²) in [6.07, 6.45) is 1.71. The molecule has 0 aliphatic carbocycles. The second-order valence-corrected chi connectivity index (χ2v) is 10.0. The van der Waals surface area contributed by atoms with Gasteiger partial charge in [0.2, 0.25) is 0 Å². The summed E-state index contributed by atoms with van der Waals surface area (Å²) in [5, 5.41) is 0.869. The largest absolute Gasteiger partial charge is 0.497 e. The van der Waals surface area contributed by atoms with Gasteiger partial charge in [-0.25, -0.2) is 12.4 Å². The van der Waals surface area contributed by atoms with Crippen LogP contribution < -0.4 is 4.74 Å². The average molecular weight is 469 g/mol. The summed E-state index contributed by atoms with van der Waals surface area (Å²) in [6.45, 7) is 0.901. The molecule has 144 valence electrons. The van der Waals surface area contributed by atoms with E-state index in [1.165, 1.54) is 3.97 Å². The van der Waals surface area contributed by atoms with Crippen LogP contribution in [0, 0.1) is 0 Å². The first-order valence-corrected chi connectivity index (χ1v) is 11.5. The fourth-order valence-corrected chi connectivity index (χ4v) is 6.27. The lowest BCUT2D eigenvalue weighted by atomic mass is 10.2. The summed E-state index contributed by atoms with van der Waals surface area (Å²) < 4.78 is 33.8. The molecule has 3 aromatic rings. The van der Waals surface area contributed by atoms with E-state index >= 15 is 0 Å². The number of benzene rings is 2. The third-order valence-corrected chi connectivity index (χ3v) is 7.82. The van der Waals surface area contributed by atoms with Crippen LogP contribution in [-0.4, -0.2) is 50.8 Å². The number of halogens is 1. The maximum absolute atomic E-state index is 13.3. The smallest absolute Gasteiger partial charge is 0.269 e. The lowest BCUT2D eigenvalue weighted by Crippen LogP contribution is -2.14. The summed E-state index contributed by atoms with van der Waals surface area (Å²) in [5.41, 5.74) is 0.638. The maximum atomic E-state index is 13.3. The van der Waals surface area contributed by atoms with Crippen molar-refractivity contribution >= 4 is 48.6 Å².